The normalized spacial score (nSPS) is 11.5. The molecule has 78 valence electrons. The molecule has 0 saturated heterocycles. The Labute approximate surface area is 85.8 Å². The van der Waals surface area contributed by atoms with Crippen molar-refractivity contribution in [2.45, 2.75) is 20.3 Å². The lowest BCUT2D eigenvalue weighted by Gasteiger charge is -2.09. The highest BCUT2D eigenvalue weighted by molar-refractivity contribution is 7.98. The van der Waals surface area contributed by atoms with Crippen LogP contribution in [-0.4, -0.2) is 37.6 Å². The van der Waals surface area contributed by atoms with Crippen LogP contribution in [0.15, 0.2) is 4.99 Å². The Morgan fingerprint density at radius 2 is 2.08 bits per heavy atom. The molecule has 0 aromatic rings. The van der Waals surface area contributed by atoms with Crippen LogP contribution in [0.2, 0.25) is 0 Å². The molecule has 0 atom stereocenters. The van der Waals surface area contributed by atoms with Crippen molar-refractivity contribution < 1.29 is 0 Å². The molecule has 0 aliphatic rings. The summed E-state index contributed by atoms with van der Waals surface area (Å²) in [7, 11) is 0. The number of nitrogens with one attached hydrogen (secondary N) is 2. The van der Waals surface area contributed by atoms with Crippen LogP contribution in [0.3, 0.4) is 0 Å². The third-order valence-corrected chi connectivity index (χ3v) is 2.05. The highest BCUT2D eigenvalue weighted by atomic mass is 32.2. The fourth-order valence-corrected chi connectivity index (χ4v) is 1.14. The number of nitrogens with zero attached hydrogens (tertiary/aromatic N) is 1. The van der Waals surface area contributed by atoms with Gasteiger partial charge >= 0.3 is 0 Å². The summed E-state index contributed by atoms with van der Waals surface area (Å²) >= 11 is 1.84. The van der Waals surface area contributed by atoms with Gasteiger partial charge in [0.15, 0.2) is 5.96 Å². The molecule has 0 aromatic carbocycles. The van der Waals surface area contributed by atoms with Crippen molar-refractivity contribution in [2.75, 3.05) is 31.6 Å². The van der Waals surface area contributed by atoms with E-state index >= 15 is 0 Å². The lowest BCUT2D eigenvalue weighted by atomic mass is 10.5. The van der Waals surface area contributed by atoms with E-state index in [0.717, 1.165) is 37.8 Å². The minimum atomic E-state index is 0.897. The van der Waals surface area contributed by atoms with Crippen LogP contribution in [0.1, 0.15) is 20.3 Å². The van der Waals surface area contributed by atoms with Crippen LogP contribution in [-0.2, 0) is 0 Å². The van der Waals surface area contributed by atoms with Gasteiger partial charge in [0, 0.05) is 25.4 Å². The molecule has 0 heterocycles. The fourth-order valence-electron chi connectivity index (χ4n) is 0.837. The number of thioether (sulfide) groups is 1. The van der Waals surface area contributed by atoms with Crippen LogP contribution in [0.4, 0.5) is 0 Å². The van der Waals surface area contributed by atoms with Crippen LogP contribution in [0.5, 0.6) is 0 Å². The van der Waals surface area contributed by atoms with Crippen molar-refractivity contribution in [3.63, 3.8) is 0 Å². The molecule has 0 rings (SSSR count). The Balaban J connectivity index is 3.65. The summed E-state index contributed by atoms with van der Waals surface area (Å²) in [5.74, 6) is 2.06. The summed E-state index contributed by atoms with van der Waals surface area (Å²) in [6, 6.07) is 0. The van der Waals surface area contributed by atoms with Crippen molar-refractivity contribution in [2.24, 2.45) is 4.99 Å². The van der Waals surface area contributed by atoms with Gasteiger partial charge in [0.2, 0.25) is 0 Å². The summed E-state index contributed by atoms with van der Waals surface area (Å²) < 4.78 is 0. The average molecular weight is 203 g/mol. The van der Waals surface area contributed by atoms with E-state index in [9.17, 15) is 0 Å². The SMILES string of the molecule is CCCN=C(NCC)NCCSC. The van der Waals surface area contributed by atoms with Crippen LogP contribution in [0.25, 0.3) is 0 Å². The number of hydrogen-bond acceptors (Lipinski definition) is 2. The second kappa shape index (κ2) is 9.71. The predicted molar refractivity (Wildman–Crippen MR) is 62.7 cm³/mol. The molecule has 0 aliphatic carbocycles. The van der Waals surface area contributed by atoms with E-state index in [1.54, 1.807) is 0 Å². The highest BCUT2D eigenvalue weighted by Crippen LogP contribution is 1.87. The van der Waals surface area contributed by atoms with E-state index in [1.807, 2.05) is 11.8 Å². The summed E-state index contributed by atoms with van der Waals surface area (Å²) in [6.45, 7) is 7.02. The molecule has 0 bridgehead atoms. The lowest BCUT2D eigenvalue weighted by molar-refractivity contribution is 0.830. The number of rotatable bonds is 6. The third-order valence-electron chi connectivity index (χ3n) is 1.44. The van der Waals surface area contributed by atoms with Gasteiger partial charge in [0.1, 0.15) is 0 Å². The first-order chi connectivity index (χ1) is 6.35. The molecule has 2 N–H and O–H groups in total. The van der Waals surface area contributed by atoms with Gasteiger partial charge in [-0.15, -0.1) is 0 Å². The molecule has 0 unspecified atom stereocenters. The smallest absolute Gasteiger partial charge is 0.191 e. The van der Waals surface area contributed by atoms with Crippen molar-refractivity contribution in [3.8, 4) is 0 Å². The topological polar surface area (TPSA) is 36.4 Å². The van der Waals surface area contributed by atoms with E-state index in [2.05, 4.69) is 35.7 Å². The lowest BCUT2D eigenvalue weighted by Crippen LogP contribution is -2.38. The van der Waals surface area contributed by atoms with Gasteiger partial charge in [-0.2, -0.15) is 11.8 Å². The van der Waals surface area contributed by atoms with E-state index < -0.39 is 0 Å². The Hall–Kier alpha value is -0.380. The number of guanidine groups is 1. The molecular weight excluding hydrogens is 182 g/mol. The molecule has 0 aromatic heterocycles. The molecule has 3 nitrogen and oxygen atoms in total. The Morgan fingerprint density at radius 1 is 1.31 bits per heavy atom. The minimum Gasteiger partial charge on any atom is -0.357 e. The molecule has 0 saturated carbocycles. The largest absolute Gasteiger partial charge is 0.357 e. The summed E-state index contributed by atoms with van der Waals surface area (Å²) in [4.78, 5) is 4.39. The summed E-state index contributed by atoms with van der Waals surface area (Å²) in [5, 5.41) is 6.48. The molecule has 0 fully saturated rings. The van der Waals surface area contributed by atoms with Crippen molar-refractivity contribution in [1.29, 1.82) is 0 Å². The second-order valence-corrected chi connectivity index (χ2v) is 3.67. The Kier molecular flexibility index (Phi) is 9.42. The van der Waals surface area contributed by atoms with Gasteiger partial charge in [0.05, 0.1) is 0 Å². The quantitative estimate of drug-likeness (QED) is 0.388. The zero-order valence-electron chi connectivity index (χ0n) is 8.89. The van der Waals surface area contributed by atoms with E-state index in [1.165, 1.54) is 0 Å². The maximum atomic E-state index is 4.39. The van der Waals surface area contributed by atoms with Crippen molar-refractivity contribution >= 4 is 17.7 Å². The van der Waals surface area contributed by atoms with Gasteiger partial charge in [-0.1, -0.05) is 6.92 Å². The Morgan fingerprint density at radius 3 is 2.62 bits per heavy atom. The highest BCUT2D eigenvalue weighted by Gasteiger charge is 1.93. The average Bonchev–Trinajstić information content (AvgIpc) is 2.14. The minimum absolute atomic E-state index is 0.897. The van der Waals surface area contributed by atoms with Crippen LogP contribution >= 0.6 is 11.8 Å². The van der Waals surface area contributed by atoms with Gasteiger partial charge in [0.25, 0.3) is 0 Å². The predicted octanol–water partition coefficient (Wildman–Crippen LogP) is 1.31. The first-order valence-electron chi connectivity index (χ1n) is 4.86. The maximum absolute atomic E-state index is 4.39. The number of hydrogen-bond donors (Lipinski definition) is 2. The standard InChI is InChI=1S/C9H21N3S/c1-4-6-11-9(10-5-2)12-7-8-13-3/h4-8H2,1-3H3,(H2,10,11,12). The maximum Gasteiger partial charge on any atom is 0.191 e. The second-order valence-electron chi connectivity index (χ2n) is 2.68. The van der Waals surface area contributed by atoms with E-state index in [-0.39, 0.29) is 0 Å². The molecule has 0 spiro atoms. The van der Waals surface area contributed by atoms with Crippen LogP contribution in [0, 0.1) is 0 Å². The molecule has 0 radical (unpaired) electrons. The zero-order chi connectivity index (χ0) is 9.94. The summed E-state index contributed by atoms with van der Waals surface area (Å²) in [6.07, 6.45) is 3.21. The zero-order valence-corrected chi connectivity index (χ0v) is 9.71. The van der Waals surface area contributed by atoms with E-state index in [0.29, 0.717) is 0 Å². The van der Waals surface area contributed by atoms with E-state index in [4.69, 9.17) is 0 Å². The summed E-state index contributed by atoms with van der Waals surface area (Å²) in [5.41, 5.74) is 0. The van der Waals surface area contributed by atoms with Crippen molar-refractivity contribution in [3.05, 3.63) is 0 Å². The fraction of sp³-hybridized carbons (Fsp3) is 0.889. The molecular formula is C9H21N3S. The monoisotopic (exact) mass is 203 g/mol. The van der Waals surface area contributed by atoms with Gasteiger partial charge < -0.3 is 10.6 Å². The Bertz CT molecular complexity index is 137. The number of aliphatic imine (C=N–C) groups is 1. The van der Waals surface area contributed by atoms with Crippen LogP contribution < -0.4 is 10.6 Å². The van der Waals surface area contributed by atoms with Gasteiger partial charge in [-0.05, 0) is 19.6 Å². The first kappa shape index (κ1) is 12.6. The molecule has 0 aliphatic heterocycles. The van der Waals surface area contributed by atoms with Gasteiger partial charge in [-0.25, -0.2) is 0 Å². The molecule has 13 heavy (non-hydrogen) atoms. The van der Waals surface area contributed by atoms with Crippen molar-refractivity contribution in [1.82, 2.24) is 10.6 Å². The molecule has 0 amide bonds. The van der Waals surface area contributed by atoms with Gasteiger partial charge in [-0.3, -0.25) is 4.99 Å². The first-order valence-corrected chi connectivity index (χ1v) is 6.25. The third kappa shape index (κ3) is 7.96. The molecule has 4 heteroatoms.